The number of thioether (sulfide) groups is 1. The normalized spacial score (nSPS) is 10.1. The third-order valence-electron chi connectivity index (χ3n) is 2.39. The molecule has 1 aromatic carbocycles. The van der Waals surface area contributed by atoms with Crippen molar-refractivity contribution in [3.8, 4) is 0 Å². The maximum atomic E-state index is 11.1. The minimum atomic E-state index is -0.486. The molecule has 1 rings (SSSR count). The summed E-state index contributed by atoms with van der Waals surface area (Å²) in [7, 11) is 0. The van der Waals surface area contributed by atoms with Crippen molar-refractivity contribution in [3.05, 3.63) is 51.2 Å². The van der Waals surface area contributed by atoms with Gasteiger partial charge in [-0.15, -0.1) is 11.8 Å². The van der Waals surface area contributed by atoms with Crippen LogP contribution in [-0.2, 0) is 11.2 Å². The number of amides is 1. The van der Waals surface area contributed by atoms with Crippen LogP contribution >= 0.6 is 23.4 Å². The van der Waals surface area contributed by atoms with Crippen LogP contribution in [0.4, 0.5) is 5.69 Å². The van der Waals surface area contributed by atoms with Gasteiger partial charge >= 0.3 is 0 Å². The summed E-state index contributed by atoms with van der Waals surface area (Å²) in [6.45, 7) is 3.32. The number of nitro groups is 1. The van der Waals surface area contributed by atoms with Gasteiger partial charge in [0.2, 0.25) is 0 Å². The first-order chi connectivity index (χ1) is 9.41. The lowest BCUT2D eigenvalue weighted by molar-refractivity contribution is -0.384. The molecule has 0 aliphatic rings. The number of benzene rings is 1. The number of nitro benzene ring substituents is 1. The van der Waals surface area contributed by atoms with E-state index in [1.165, 1.54) is 23.9 Å². The summed E-state index contributed by atoms with van der Waals surface area (Å²) < 4.78 is 0. The van der Waals surface area contributed by atoms with Crippen molar-refractivity contribution in [2.24, 2.45) is 5.73 Å². The fourth-order valence-electron chi connectivity index (χ4n) is 1.34. The fraction of sp³-hybridized carbons (Fsp3) is 0.250. The van der Waals surface area contributed by atoms with Crippen molar-refractivity contribution in [2.75, 3.05) is 11.6 Å². The van der Waals surface area contributed by atoms with Crippen molar-refractivity contribution < 1.29 is 9.72 Å². The molecule has 0 aliphatic heterocycles. The Hall–Kier alpha value is -1.73. The molecule has 108 valence electrons. The summed E-state index contributed by atoms with van der Waals surface area (Å²) in [4.78, 5) is 21.2. The predicted octanol–water partition coefficient (Wildman–Crippen LogP) is 2.07. The fourth-order valence-corrected chi connectivity index (χ4v) is 2.35. The first-order valence-corrected chi connectivity index (χ1v) is 7.18. The molecule has 0 unspecified atom stereocenters. The third kappa shape index (κ3) is 5.10. The van der Waals surface area contributed by atoms with Gasteiger partial charge in [-0.3, -0.25) is 14.9 Å². The number of non-ortho nitro benzene ring substituents is 1. The van der Waals surface area contributed by atoms with Crippen LogP contribution in [-0.4, -0.2) is 22.5 Å². The molecule has 0 radical (unpaired) electrons. The Kier molecular flexibility index (Phi) is 6.33. The van der Waals surface area contributed by atoms with E-state index in [4.69, 9.17) is 17.3 Å². The van der Waals surface area contributed by atoms with Gasteiger partial charge in [0, 0.05) is 12.1 Å². The first kappa shape index (κ1) is 16.3. The second-order valence-electron chi connectivity index (χ2n) is 3.87. The van der Waals surface area contributed by atoms with Crippen LogP contribution < -0.4 is 11.1 Å². The van der Waals surface area contributed by atoms with E-state index in [-0.39, 0.29) is 17.3 Å². The highest BCUT2D eigenvalue weighted by Gasteiger charge is 2.09. The monoisotopic (exact) mass is 315 g/mol. The van der Waals surface area contributed by atoms with E-state index in [9.17, 15) is 14.9 Å². The topological polar surface area (TPSA) is 98.3 Å². The average molecular weight is 316 g/mol. The van der Waals surface area contributed by atoms with Crippen molar-refractivity contribution >= 4 is 35.0 Å². The quantitative estimate of drug-likeness (QED) is 0.264. The van der Waals surface area contributed by atoms with Gasteiger partial charge in [0.1, 0.15) is 0 Å². The molecule has 0 heterocycles. The number of aryl methyl sites for hydroxylation is 1. The second-order valence-corrected chi connectivity index (χ2v) is 5.38. The highest BCUT2D eigenvalue weighted by Crippen LogP contribution is 2.23. The maximum Gasteiger partial charge on any atom is 0.270 e. The molecule has 0 bridgehead atoms. The highest BCUT2D eigenvalue weighted by molar-refractivity contribution is 7.99. The predicted molar refractivity (Wildman–Crippen MR) is 80.6 cm³/mol. The number of nitrogens with one attached hydrogen (secondary N) is 1. The first-order valence-electron chi connectivity index (χ1n) is 5.65. The summed E-state index contributed by atoms with van der Waals surface area (Å²) in [6.07, 6.45) is 0.654. The minimum Gasteiger partial charge on any atom is -0.395 e. The standard InChI is InChI=1S/C12H14ClN3O3S/c1-8(14)12(17)15-7-20-5-4-9-2-3-10(16(18)19)6-11(9)13/h2-3,6H,1,4-5,7,14H2,(H,15,17). The summed E-state index contributed by atoms with van der Waals surface area (Å²) in [5, 5.41) is 13.5. The Balaban J connectivity index is 2.37. The number of carbonyl (C=O) groups is 1. The number of halogens is 1. The summed E-state index contributed by atoms with van der Waals surface area (Å²) in [6, 6.07) is 4.40. The molecule has 0 saturated carbocycles. The number of rotatable bonds is 7. The van der Waals surface area contributed by atoms with Gasteiger partial charge in [-0.25, -0.2) is 0 Å². The molecule has 0 aromatic heterocycles. The number of carbonyl (C=O) groups excluding carboxylic acids is 1. The van der Waals surface area contributed by atoms with E-state index in [0.29, 0.717) is 17.3 Å². The minimum absolute atomic E-state index is 0.0241. The van der Waals surface area contributed by atoms with Gasteiger partial charge in [-0.2, -0.15) is 0 Å². The number of hydrogen-bond acceptors (Lipinski definition) is 5. The van der Waals surface area contributed by atoms with Crippen molar-refractivity contribution in [3.63, 3.8) is 0 Å². The van der Waals surface area contributed by atoms with Gasteiger partial charge in [0.25, 0.3) is 11.6 Å². The molecular weight excluding hydrogens is 302 g/mol. The second kappa shape index (κ2) is 7.76. The van der Waals surface area contributed by atoms with Gasteiger partial charge in [-0.05, 0) is 17.7 Å². The number of nitrogens with zero attached hydrogens (tertiary/aromatic N) is 1. The van der Waals surface area contributed by atoms with Gasteiger partial charge in [0.05, 0.1) is 21.5 Å². The molecule has 3 N–H and O–H groups in total. The Labute approximate surface area is 125 Å². The maximum absolute atomic E-state index is 11.1. The summed E-state index contributed by atoms with van der Waals surface area (Å²) >= 11 is 7.46. The van der Waals surface area contributed by atoms with Gasteiger partial charge in [-0.1, -0.05) is 24.2 Å². The number of nitrogens with two attached hydrogens (primary N) is 1. The van der Waals surface area contributed by atoms with E-state index in [2.05, 4.69) is 11.9 Å². The lowest BCUT2D eigenvalue weighted by atomic mass is 10.1. The summed E-state index contributed by atoms with van der Waals surface area (Å²) in [5.74, 6) is 0.750. The van der Waals surface area contributed by atoms with Crippen LogP contribution in [0.2, 0.25) is 5.02 Å². The van der Waals surface area contributed by atoms with E-state index in [1.54, 1.807) is 6.07 Å². The smallest absolute Gasteiger partial charge is 0.270 e. The Morgan fingerprint density at radius 2 is 2.25 bits per heavy atom. The molecule has 0 aliphatic carbocycles. The Bertz CT molecular complexity index is 537. The molecule has 0 fully saturated rings. The van der Waals surface area contributed by atoms with Crippen LogP contribution in [0.25, 0.3) is 0 Å². The molecule has 1 amide bonds. The van der Waals surface area contributed by atoms with Crippen molar-refractivity contribution in [2.45, 2.75) is 6.42 Å². The highest BCUT2D eigenvalue weighted by atomic mass is 35.5. The van der Waals surface area contributed by atoms with Gasteiger partial charge in [0.15, 0.2) is 0 Å². The SMILES string of the molecule is C=C(N)C(=O)NCSCCc1ccc([N+](=O)[O-])cc1Cl. The van der Waals surface area contributed by atoms with Crippen molar-refractivity contribution in [1.82, 2.24) is 5.32 Å². The molecule has 1 aromatic rings. The largest absolute Gasteiger partial charge is 0.395 e. The zero-order chi connectivity index (χ0) is 15.1. The molecule has 20 heavy (non-hydrogen) atoms. The van der Waals surface area contributed by atoms with Crippen LogP contribution in [0.5, 0.6) is 0 Å². The average Bonchev–Trinajstić information content (AvgIpc) is 2.39. The molecule has 0 atom stereocenters. The Morgan fingerprint density at radius 1 is 1.55 bits per heavy atom. The molecule has 6 nitrogen and oxygen atoms in total. The van der Waals surface area contributed by atoms with Gasteiger partial charge < -0.3 is 11.1 Å². The lowest BCUT2D eigenvalue weighted by Gasteiger charge is -2.06. The molecule has 0 saturated heterocycles. The van der Waals surface area contributed by atoms with Crippen LogP contribution in [0.1, 0.15) is 5.56 Å². The molecular formula is C12H14ClN3O3S. The van der Waals surface area contributed by atoms with E-state index < -0.39 is 4.92 Å². The van der Waals surface area contributed by atoms with E-state index in [1.807, 2.05) is 0 Å². The van der Waals surface area contributed by atoms with E-state index in [0.717, 1.165) is 11.3 Å². The third-order valence-corrected chi connectivity index (χ3v) is 3.58. The molecule has 8 heteroatoms. The van der Waals surface area contributed by atoms with Crippen LogP contribution in [0.15, 0.2) is 30.5 Å². The summed E-state index contributed by atoms with van der Waals surface area (Å²) in [5.41, 5.74) is 5.99. The zero-order valence-corrected chi connectivity index (χ0v) is 12.2. The van der Waals surface area contributed by atoms with Crippen molar-refractivity contribution in [1.29, 1.82) is 0 Å². The Morgan fingerprint density at radius 3 is 2.80 bits per heavy atom. The number of hydrogen-bond donors (Lipinski definition) is 2. The van der Waals surface area contributed by atoms with Crippen LogP contribution in [0.3, 0.4) is 0 Å². The zero-order valence-electron chi connectivity index (χ0n) is 10.6. The molecule has 0 spiro atoms. The van der Waals surface area contributed by atoms with E-state index >= 15 is 0 Å². The lowest BCUT2D eigenvalue weighted by Crippen LogP contribution is -2.27. The van der Waals surface area contributed by atoms with Crippen LogP contribution in [0, 0.1) is 10.1 Å².